The number of nitrogens with zero attached hydrogens (tertiary/aromatic N) is 2. The van der Waals surface area contributed by atoms with Crippen molar-refractivity contribution in [3.8, 4) is 0 Å². The molecule has 1 amide bonds. The monoisotopic (exact) mass is 456 g/mol. The van der Waals surface area contributed by atoms with E-state index >= 15 is 0 Å². The maximum absolute atomic E-state index is 15.0. The highest BCUT2D eigenvalue weighted by Gasteiger charge is 2.53. The van der Waals surface area contributed by atoms with Gasteiger partial charge in [-0.1, -0.05) is 32.0 Å². The lowest BCUT2D eigenvalue weighted by atomic mass is 9.70. The van der Waals surface area contributed by atoms with Crippen molar-refractivity contribution >= 4 is 11.7 Å². The molecule has 7 heteroatoms. The molecule has 0 N–H and O–H groups in total. The van der Waals surface area contributed by atoms with Gasteiger partial charge in [-0.25, -0.2) is 4.39 Å². The number of ether oxygens (including phenoxy) is 2. The van der Waals surface area contributed by atoms with Crippen LogP contribution in [-0.4, -0.2) is 67.0 Å². The number of hydrogen-bond donors (Lipinski definition) is 0. The number of Topliss-reactive ketones (excluding diaryl/α,β-unsaturated/α-hetero) is 1. The van der Waals surface area contributed by atoms with E-state index in [2.05, 4.69) is 18.7 Å². The first-order valence-electron chi connectivity index (χ1n) is 12.3. The largest absolute Gasteiger partial charge is 0.483 e. The molecule has 0 radical (unpaired) electrons. The minimum atomic E-state index is -0.721. The van der Waals surface area contributed by atoms with Crippen LogP contribution in [0.15, 0.2) is 35.6 Å². The van der Waals surface area contributed by atoms with Gasteiger partial charge in [-0.2, -0.15) is 0 Å². The second-order valence-electron chi connectivity index (χ2n) is 10.0. The standard InChI is InChI=1S/C26H33FN2O4/c1-16-14-19-21(15-17(16)2)33-25-22(24(19)30)23(18-6-3-4-7-20(18)27)29(26(25)31)9-5-8-28-10-12-32-13-11-28/h3-4,6-7,16-17,19,21,23H,5,8-15H2,1-2H3. The summed E-state index contributed by atoms with van der Waals surface area (Å²) in [6.07, 6.45) is 1.99. The number of halogens is 1. The van der Waals surface area contributed by atoms with Gasteiger partial charge in [0, 0.05) is 31.7 Å². The van der Waals surface area contributed by atoms with E-state index < -0.39 is 11.9 Å². The summed E-state index contributed by atoms with van der Waals surface area (Å²) in [5, 5.41) is 0. The summed E-state index contributed by atoms with van der Waals surface area (Å²) in [5.74, 6) is 0.0330. The zero-order valence-electron chi connectivity index (χ0n) is 19.5. The number of benzene rings is 1. The topological polar surface area (TPSA) is 59.1 Å². The van der Waals surface area contributed by atoms with Gasteiger partial charge in [-0.15, -0.1) is 0 Å². The molecule has 0 spiro atoms. The van der Waals surface area contributed by atoms with Gasteiger partial charge in [0.15, 0.2) is 11.5 Å². The first-order valence-corrected chi connectivity index (χ1v) is 12.3. The molecule has 5 atom stereocenters. The number of hydrogen-bond acceptors (Lipinski definition) is 5. The van der Waals surface area contributed by atoms with Crippen LogP contribution in [0.1, 0.15) is 44.7 Å². The molecule has 0 bridgehead atoms. The van der Waals surface area contributed by atoms with Crippen molar-refractivity contribution in [2.45, 2.75) is 45.3 Å². The molecule has 178 valence electrons. The number of fused-ring (bicyclic) bond motifs is 1. The smallest absolute Gasteiger partial charge is 0.290 e. The van der Waals surface area contributed by atoms with Gasteiger partial charge in [0.2, 0.25) is 0 Å². The second kappa shape index (κ2) is 9.18. The highest BCUT2D eigenvalue weighted by Crippen LogP contribution is 2.48. The van der Waals surface area contributed by atoms with Crippen molar-refractivity contribution in [1.82, 2.24) is 9.80 Å². The van der Waals surface area contributed by atoms with Crippen LogP contribution in [-0.2, 0) is 19.1 Å². The Morgan fingerprint density at radius 3 is 2.52 bits per heavy atom. The van der Waals surface area contributed by atoms with Crippen molar-refractivity contribution in [3.63, 3.8) is 0 Å². The number of rotatable bonds is 5. The third-order valence-corrected chi connectivity index (χ3v) is 7.98. The lowest BCUT2D eigenvalue weighted by molar-refractivity contribution is -0.137. The van der Waals surface area contributed by atoms with E-state index in [0.717, 1.165) is 52.1 Å². The fourth-order valence-electron chi connectivity index (χ4n) is 5.85. The van der Waals surface area contributed by atoms with Crippen LogP contribution in [0.5, 0.6) is 0 Å². The zero-order chi connectivity index (χ0) is 23.1. The minimum Gasteiger partial charge on any atom is -0.483 e. The van der Waals surface area contributed by atoms with E-state index in [1.165, 1.54) is 6.07 Å². The molecule has 4 aliphatic rings. The molecule has 1 aromatic carbocycles. The highest BCUT2D eigenvalue weighted by molar-refractivity contribution is 6.11. The fraction of sp³-hybridized carbons (Fsp3) is 0.615. The molecule has 5 unspecified atom stereocenters. The molecule has 1 aromatic rings. The quantitative estimate of drug-likeness (QED) is 0.680. The average Bonchev–Trinajstić information content (AvgIpc) is 3.08. The van der Waals surface area contributed by atoms with Gasteiger partial charge in [0.05, 0.1) is 30.7 Å². The Bertz CT molecular complexity index is 957. The van der Waals surface area contributed by atoms with Gasteiger partial charge in [-0.3, -0.25) is 14.5 Å². The molecule has 3 heterocycles. The summed E-state index contributed by atoms with van der Waals surface area (Å²) in [4.78, 5) is 31.2. The SMILES string of the molecule is CC1CC2OC3=C(C(=O)C2CC1C)C(c1ccccc1F)N(CCCN1CCOCC1)C3=O. The van der Waals surface area contributed by atoms with E-state index in [1.807, 2.05) is 0 Å². The number of carbonyl (C=O) groups excluding carboxylic acids is 2. The van der Waals surface area contributed by atoms with Gasteiger partial charge in [0.25, 0.3) is 5.91 Å². The number of morpholine rings is 1. The maximum atomic E-state index is 15.0. The second-order valence-corrected chi connectivity index (χ2v) is 10.0. The number of carbonyl (C=O) groups is 2. The molecule has 1 saturated carbocycles. The number of amides is 1. The molecular formula is C26H33FN2O4. The van der Waals surface area contributed by atoms with Crippen LogP contribution in [0.3, 0.4) is 0 Å². The van der Waals surface area contributed by atoms with Crippen molar-refractivity contribution in [2.75, 3.05) is 39.4 Å². The Hall–Kier alpha value is -2.25. The Labute approximate surface area is 194 Å². The van der Waals surface area contributed by atoms with Gasteiger partial charge in [-0.05, 0) is 37.2 Å². The van der Waals surface area contributed by atoms with Crippen molar-refractivity contribution in [1.29, 1.82) is 0 Å². The molecule has 33 heavy (non-hydrogen) atoms. The molecule has 5 rings (SSSR count). The molecule has 6 nitrogen and oxygen atoms in total. The lowest BCUT2D eigenvalue weighted by Crippen LogP contribution is -2.43. The predicted octanol–water partition coefficient (Wildman–Crippen LogP) is 3.34. The Balaban J connectivity index is 1.43. The van der Waals surface area contributed by atoms with Crippen LogP contribution < -0.4 is 0 Å². The third-order valence-electron chi connectivity index (χ3n) is 7.98. The van der Waals surface area contributed by atoms with E-state index in [9.17, 15) is 14.0 Å². The Morgan fingerprint density at radius 1 is 1.03 bits per heavy atom. The predicted molar refractivity (Wildman–Crippen MR) is 121 cm³/mol. The van der Waals surface area contributed by atoms with Gasteiger partial charge >= 0.3 is 0 Å². The summed E-state index contributed by atoms with van der Waals surface area (Å²) in [6.45, 7) is 8.81. The first kappa shape index (κ1) is 22.5. The van der Waals surface area contributed by atoms with Crippen LogP contribution in [0.4, 0.5) is 4.39 Å². The van der Waals surface area contributed by atoms with E-state index in [1.54, 1.807) is 23.1 Å². The summed E-state index contributed by atoms with van der Waals surface area (Å²) < 4.78 is 26.6. The van der Waals surface area contributed by atoms with E-state index in [0.29, 0.717) is 29.5 Å². The molecule has 0 aromatic heterocycles. The normalized spacial score (nSPS) is 32.6. The minimum absolute atomic E-state index is 0.0303. The van der Waals surface area contributed by atoms with Crippen LogP contribution in [0, 0.1) is 23.6 Å². The van der Waals surface area contributed by atoms with Crippen molar-refractivity contribution in [2.24, 2.45) is 17.8 Å². The summed E-state index contributed by atoms with van der Waals surface area (Å²) in [7, 11) is 0. The molecular weight excluding hydrogens is 423 g/mol. The fourth-order valence-corrected chi connectivity index (χ4v) is 5.85. The molecule has 3 aliphatic heterocycles. The summed E-state index contributed by atoms with van der Waals surface area (Å²) >= 11 is 0. The Kier molecular flexibility index (Phi) is 6.27. The Morgan fingerprint density at radius 2 is 1.76 bits per heavy atom. The summed E-state index contributed by atoms with van der Waals surface area (Å²) in [6, 6.07) is 5.75. The van der Waals surface area contributed by atoms with Crippen LogP contribution in [0.2, 0.25) is 0 Å². The highest BCUT2D eigenvalue weighted by atomic mass is 19.1. The van der Waals surface area contributed by atoms with Crippen LogP contribution >= 0.6 is 0 Å². The average molecular weight is 457 g/mol. The number of ketones is 1. The lowest BCUT2D eigenvalue weighted by Gasteiger charge is -2.40. The molecule has 1 aliphatic carbocycles. The molecule has 1 saturated heterocycles. The van der Waals surface area contributed by atoms with Crippen LogP contribution in [0.25, 0.3) is 0 Å². The first-order chi connectivity index (χ1) is 16.0. The third kappa shape index (κ3) is 4.10. The van der Waals surface area contributed by atoms with E-state index in [-0.39, 0.29) is 29.5 Å². The zero-order valence-corrected chi connectivity index (χ0v) is 19.5. The van der Waals surface area contributed by atoms with Crippen molar-refractivity contribution in [3.05, 3.63) is 47.0 Å². The maximum Gasteiger partial charge on any atom is 0.290 e. The van der Waals surface area contributed by atoms with Crippen molar-refractivity contribution < 1.29 is 23.5 Å². The molecule has 2 fully saturated rings. The van der Waals surface area contributed by atoms with Gasteiger partial charge < -0.3 is 14.4 Å². The van der Waals surface area contributed by atoms with Gasteiger partial charge in [0.1, 0.15) is 11.9 Å². The van der Waals surface area contributed by atoms with E-state index in [4.69, 9.17) is 9.47 Å². The summed E-state index contributed by atoms with van der Waals surface area (Å²) in [5.41, 5.74) is 0.731.